The van der Waals surface area contributed by atoms with Gasteiger partial charge in [0.15, 0.2) is 0 Å². The summed E-state index contributed by atoms with van der Waals surface area (Å²) in [6, 6.07) is 19.3. The third-order valence-corrected chi connectivity index (χ3v) is 9.26. The van der Waals surface area contributed by atoms with Crippen LogP contribution in [0.25, 0.3) is 11.3 Å². The van der Waals surface area contributed by atoms with Crippen molar-refractivity contribution in [1.29, 1.82) is 0 Å². The number of ether oxygens (including phenoxy) is 2. The fourth-order valence-corrected chi connectivity index (χ4v) is 6.38. The minimum atomic E-state index is -1.17. The predicted octanol–water partition coefficient (Wildman–Crippen LogP) is 4.45. The SMILES string of the molecule is COC(=O)N[C@@H](Cc1cscn1)C(=O)N[C@@H](Cc1ccccc1)[C@@H](O)C[C@H](Cc1ccc(-c2ccccn2)cc1)NC(=O)[C@@H](NC(=O)OC)C(C)(C)C. The number of hydrogen-bond acceptors (Lipinski definition) is 10. The molecule has 2 aromatic heterocycles. The molecule has 0 aliphatic heterocycles. The van der Waals surface area contributed by atoms with Crippen LogP contribution in [0.4, 0.5) is 9.59 Å². The molecule has 0 fully saturated rings. The Morgan fingerprint density at radius 3 is 2.02 bits per heavy atom. The first-order valence-corrected chi connectivity index (χ1v) is 18.2. The molecule has 282 valence electrons. The zero-order valence-electron chi connectivity index (χ0n) is 30.6. The van der Waals surface area contributed by atoms with Crippen molar-refractivity contribution in [3.05, 3.63) is 107 Å². The number of aliphatic hydroxyl groups excluding tert-OH is 1. The lowest BCUT2D eigenvalue weighted by atomic mass is 9.85. The molecule has 2 aromatic carbocycles. The number of aromatic nitrogens is 2. The van der Waals surface area contributed by atoms with E-state index in [-0.39, 0.29) is 19.3 Å². The molecule has 2 heterocycles. The summed E-state index contributed by atoms with van der Waals surface area (Å²) in [5.74, 6) is -0.997. The normalized spacial score (nSPS) is 14.1. The number of amides is 4. The van der Waals surface area contributed by atoms with E-state index in [9.17, 15) is 24.3 Å². The number of aliphatic hydroxyl groups is 1. The molecule has 4 aromatic rings. The lowest BCUT2D eigenvalue weighted by Gasteiger charge is -2.33. The Hall–Kier alpha value is -5.34. The van der Waals surface area contributed by atoms with Crippen LogP contribution < -0.4 is 21.3 Å². The first kappa shape index (κ1) is 40.4. The minimum absolute atomic E-state index is 0.0295. The number of pyridine rings is 1. The molecule has 53 heavy (non-hydrogen) atoms. The van der Waals surface area contributed by atoms with Gasteiger partial charge in [-0.3, -0.25) is 14.6 Å². The van der Waals surface area contributed by atoms with Gasteiger partial charge in [-0.05, 0) is 47.9 Å². The zero-order chi connectivity index (χ0) is 38.4. The van der Waals surface area contributed by atoms with Crippen LogP contribution in [0, 0.1) is 5.41 Å². The van der Waals surface area contributed by atoms with Gasteiger partial charge in [-0.1, -0.05) is 81.4 Å². The summed E-state index contributed by atoms with van der Waals surface area (Å²) in [6.07, 6.45) is -0.272. The second-order valence-corrected chi connectivity index (χ2v) is 14.5. The Kier molecular flexibility index (Phi) is 14.9. The van der Waals surface area contributed by atoms with Crippen LogP contribution in [0.1, 0.15) is 44.0 Å². The molecule has 0 saturated heterocycles. The smallest absolute Gasteiger partial charge is 0.407 e. The molecule has 0 aliphatic carbocycles. The number of methoxy groups -OCH3 is 2. The van der Waals surface area contributed by atoms with Gasteiger partial charge >= 0.3 is 12.2 Å². The molecule has 14 heteroatoms. The second kappa shape index (κ2) is 19.5. The van der Waals surface area contributed by atoms with E-state index >= 15 is 0 Å². The molecule has 5 N–H and O–H groups in total. The second-order valence-electron chi connectivity index (χ2n) is 13.7. The number of alkyl carbamates (subject to hydrolysis) is 2. The summed E-state index contributed by atoms with van der Waals surface area (Å²) >= 11 is 1.36. The van der Waals surface area contributed by atoms with Gasteiger partial charge < -0.3 is 35.8 Å². The summed E-state index contributed by atoms with van der Waals surface area (Å²) in [6.45, 7) is 5.47. The molecule has 0 unspecified atom stereocenters. The first-order chi connectivity index (χ1) is 25.4. The highest BCUT2D eigenvalue weighted by Crippen LogP contribution is 2.22. The van der Waals surface area contributed by atoms with Crippen LogP contribution in [-0.2, 0) is 38.3 Å². The van der Waals surface area contributed by atoms with Gasteiger partial charge in [-0.25, -0.2) is 14.6 Å². The summed E-state index contributed by atoms with van der Waals surface area (Å²) in [7, 11) is 2.44. The van der Waals surface area contributed by atoms with E-state index in [1.807, 2.05) is 93.6 Å². The highest BCUT2D eigenvalue weighted by atomic mass is 32.1. The van der Waals surface area contributed by atoms with Crippen molar-refractivity contribution in [3.8, 4) is 11.3 Å². The Morgan fingerprint density at radius 1 is 0.755 bits per heavy atom. The fourth-order valence-electron chi connectivity index (χ4n) is 5.81. The fraction of sp³-hybridized carbons (Fsp3) is 0.385. The number of benzene rings is 2. The minimum Gasteiger partial charge on any atom is -0.453 e. The molecule has 4 rings (SSSR count). The van der Waals surface area contributed by atoms with E-state index in [0.29, 0.717) is 12.1 Å². The highest BCUT2D eigenvalue weighted by molar-refractivity contribution is 7.07. The number of carbonyl (C=O) groups is 4. The van der Waals surface area contributed by atoms with Crippen molar-refractivity contribution < 1.29 is 33.8 Å². The van der Waals surface area contributed by atoms with Gasteiger partial charge in [0.05, 0.1) is 43.3 Å². The van der Waals surface area contributed by atoms with E-state index in [2.05, 4.69) is 31.2 Å². The molecular formula is C39H48N6O7S. The van der Waals surface area contributed by atoms with Gasteiger partial charge in [-0.15, -0.1) is 11.3 Å². The Labute approximate surface area is 313 Å². The van der Waals surface area contributed by atoms with E-state index in [4.69, 9.17) is 9.47 Å². The highest BCUT2D eigenvalue weighted by Gasteiger charge is 2.36. The van der Waals surface area contributed by atoms with Gasteiger partial charge in [0, 0.05) is 29.6 Å². The predicted molar refractivity (Wildman–Crippen MR) is 202 cm³/mol. The largest absolute Gasteiger partial charge is 0.453 e. The summed E-state index contributed by atoms with van der Waals surface area (Å²) in [5.41, 5.74) is 5.03. The number of nitrogens with one attached hydrogen (secondary N) is 4. The molecular weight excluding hydrogens is 697 g/mol. The number of rotatable bonds is 16. The quantitative estimate of drug-likeness (QED) is 0.111. The van der Waals surface area contributed by atoms with Crippen molar-refractivity contribution in [3.63, 3.8) is 0 Å². The summed E-state index contributed by atoms with van der Waals surface area (Å²) < 4.78 is 9.57. The molecule has 5 atom stereocenters. The molecule has 0 radical (unpaired) electrons. The van der Waals surface area contributed by atoms with E-state index < -0.39 is 59.7 Å². The van der Waals surface area contributed by atoms with Crippen molar-refractivity contribution in [1.82, 2.24) is 31.2 Å². The molecule has 0 bridgehead atoms. The van der Waals surface area contributed by atoms with Crippen LogP contribution in [0.5, 0.6) is 0 Å². The molecule has 0 saturated carbocycles. The zero-order valence-corrected chi connectivity index (χ0v) is 31.4. The maximum Gasteiger partial charge on any atom is 0.407 e. The summed E-state index contributed by atoms with van der Waals surface area (Å²) in [5, 5.41) is 25.0. The third kappa shape index (κ3) is 12.7. The van der Waals surface area contributed by atoms with Crippen LogP contribution in [0.2, 0.25) is 0 Å². The van der Waals surface area contributed by atoms with Crippen molar-refractivity contribution >= 4 is 35.3 Å². The topological polar surface area (TPSA) is 181 Å². The van der Waals surface area contributed by atoms with Crippen LogP contribution in [-0.4, -0.2) is 83.6 Å². The Morgan fingerprint density at radius 2 is 1.42 bits per heavy atom. The van der Waals surface area contributed by atoms with Gasteiger partial charge in [0.1, 0.15) is 12.1 Å². The Bertz CT molecular complexity index is 1750. The number of thiazole rings is 1. The van der Waals surface area contributed by atoms with Crippen molar-refractivity contribution in [2.24, 2.45) is 5.41 Å². The number of hydrogen-bond donors (Lipinski definition) is 5. The maximum atomic E-state index is 13.9. The van der Waals surface area contributed by atoms with Gasteiger partial charge in [0.2, 0.25) is 11.8 Å². The first-order valence-electron chi connectivity index (χ1n) is 17.2. The molecule has 4 amide bonds. The molecule has 13 nitrogen and oxygen atoms in total. The average Bonchev–Trinajstić information content (AvgIpc) is 3.66. The average molecular weight is 745 g/mol. The monoisotopic (exact) mass is 744 g/mol. The lowest BCUT2D eigenvalue weighted by Crippen LogP contribution is -2.57. The molecule has 0 aliphatic rings. The van der Waals surface area contributed by atoms with Crippen LogP contribution in [0.15, 0.2) is 89.9 Å². The molecule has 0 spiro atoms. The van der Waals surface area contributed by atoms with E-state index in [0.717, 1.165) is 22.4 Å². The van der Waals surface area contributed by atoms with Crippen molar-refractivity contribution in [2.45, 2.75) is 76.7 Å². The van der Waals surface area contributed by atoms with E-state index in [1.165, 1.54) is 25.6 Å². The third-order valence-electron chi connectivity index (χ3n) is 8.63. The van der Waals surface area contributed by atoms with Gasteiger partial charge in [-0.2, -0.15) is 0 Å². The van der Waals surface area contributed by atoms with Gasteiger partial charge in [0.25, 0.3) is 0 Å². The number of carbonyl (C=O) groups excluding carboxylic acids is 4. The summed E-state index contributed by atoms with van der Waals surface area (Å²) in [4.78, 5) is 60.9. The van der Waals surface area contributed by atoms with E-state index in [1.54, 1.807) is 17.1 Å². The lowest BCUT2D eigenvalue weighted by molar-refractivity contribution is -0.127. The maximum absolute atomic E-state index is 13.9. The number of nitrogens with zero attached hydrogens (tertiary/aromatic N) is 2. The Balaban J connectivity index is 1.62. The van der Waals surface area contributed by atoms with Crippen molar-refractivity contribution in [2.75, 3.05) is 14.2 Å². The van der Waals surface area contributed by atoms with Crippen LogP contribution >= 0.6 is 11.3 Å². The standard InChI is InChI=1S/C39H48N6O7S/c1-39(2,3)34(45-38(50)52-5)36(48)42-28(19-26-14-16-27(17-15-26)30-13-9-10-18-40-30)22-33(46)31(20-25-11-7-6-8-12-25)43-35(47)32(44-37(49)51-4)21-29-23-53-24-41-29/h6-18,23-24,28,31-34,46H,19-22H2,1-5H3,(H,42,48)(H,43,47)(H,44,49)(H,45,50)/t28-,31-,32-,33-,34+/m0/s1. The van der Waals surface area contributed by atoms with Crippen LogP contribution in [0.3, 0.4) is 0 Å².